The molecule has 1 N–H and O–H groups in total. The van der Waals surface area contributed by atoms with Crippen LogP contribution in [-0.4, -0.2) is 40.2 Å². The molecule has 5 nitrogen and oxygen atoms in total. The van der Waals surface area contributed by atoms with Crippen LogP contribution in [0.4, 0.5) is 0 Å². The maximum Gasteiger partial charge on any atom is 0.224 e. The summed E-state index contributed by atoms with van der Waals surface area (Å²) >= 11 is 0. The van der Waals surface area contributed by atoms with E-state index in [0.29, 0.717) is 13.0 Å². The van der Waals surface area contributed by atoms with Crippen LogP contribution in [0.25, 0.3) is 0 Å². The lowest BCUT2D eigenvalue weighted by molar-refractivity contribution is -0.132. The lowest BCUT2D eigenvalue weighted by atomic mass is 9.79. The highest BCUT2D eigenvalue weighted by Crippen LogP contribution is 2.31. The van der Waals surface area contributed by atoms with Crippen molar-refractivity contribution < 1.29 is 4.79 Å². The van der Waals surface area contributed by atoms with Crippen molar-refractivity contribution in [1.82, 2.24) is 20.0 Å². The van der Waals surface area contributed by atoms with Crippen molar-refractivity contribution in [3.8, 4) is 0 Å². The zero-order valence-corrected chi connectivity index (χ0v) is 12.9. The Labute approximate surface area is 121 Å². The van der Waals surface area contributed by atoms with Gasteiger partial charge in [-0.15, -0.1) is 0 Å². The van der Waals surface area contributed by atoms with Crippen LogP contribution < -0.4 is 5.32 Å². The Morgan fingerprint density at radius 2 is 2.15 bits per heavy atom. The summed E-state index contributed by atoms with van der Waals surface area (Å²) in [6, 6.07) is 0. The molecule has 2 rings (SSSR count). The number of hydrogen-bond donors (Lipinski definition) is 1. The second-order valence-corrected chi connectivity index (χ2v) is 6.04. The van der Waals surface area contributed by atoms with Gasteiger partial charge in [-0.3, -0.25) is 9.48 Å². The van der Waals surface area contributed by atoms with Gasteiger partial charge in [-0.2, -0.15) is 5.10 Å². The summed E-state index contributed by atoms with van der Waals surface area (Å²) in [7, 11) is 5.75. The number of aryl methyl sites for hydroxylation is 1. The SMILES string of the molecule is CNC1(CC(=O)N(C)Cc2cnn(C)c2)CCCCC1. The normalized spacial score (nSPS) is 17.9. The molecule has 0 radical (unpaired) electrons. The number of carbonyl (C=O) groups excluding carboxylic acids is 1. The van der Waals surface area contributed by atoms with Gasteiger partial charge in [0.25, 0.3) is 0 Å². The van der Waals surface area contributed by atoms with Gasteiger partial charge in [0.05, 0.1) is 6.20 Å². The second kappa shape index (κ2) is 6.39. The number of hydrogen-bond acceptors (Lipinski definition) is 3. The molecule has 0 saturated heterocycles. The maximum atomic E-state index is 12.4. The molecule has 112 valence electrons. The molecule has 1 aliphatic rings. The van der Waals surface area contributed by atoms with E-state index >= 15 is 0 Å². The van der Waals surface area contributed by atoms with Crippen LogP contribution in [0, 0.1) is 0 Å². The van der Waals surface area contributed by atoms with Gasteiger partial charge in [-0.05, 0) is 19.9 Å². The van der Waals surface area contributed by atoms with E-state index in [1.807, 2.05) is 38.4 Å². The van der Waals surface area contributed by atoms with Gasteiger partial charge in [0, 0.05) is 44.4 Å². The third-order valence-electron chi connectivity index (χ3n) is 4.43. The van der Waals surface area contributed by atoms with Gasteiger partial charge in [0.15, 0.2) is 0 Å². The molecular weight excluding hydrogens is 252 g/mol. The molecule has 0 aliphatic heterocycles. The van der Waals surface area contributed by atoms with Gasteiger partial charge in [0.2, 0.25) is 5.91 Å². The van der Waals surface area contributed by atoms with E-state index in [-0.39, 0.29) is 11.4 Å². The minimum atomic E-state index is 0.0124. The quantitative estimate of drug-likeness (QED) is 0.891. The van der Waals surface area contributed by atoms with Crippen molar-refractivity contribution in [2.24, 2.45) is 7.05 Å². The first-order valence-corrected chi connectivity index (χ1v) is 7.45. The average molecular weight is 278 g/mol. The number of carbonyl (C=O) groups is 1. The van der Waals surface area contributed by atoms with Crippen LogP contribution in [0.2, 0.25) is 0 Å². The third kappa shape index (κ3) is 3.60. The Morgan fingerprint density at radius 3 is 2.70 bits per heavy atom. The molecule has 0 spiro atoms. The predicted octanol–water partition coefficient (Wildman–Crippen LogP) is 1.69. The summed E-state index contributed by atoms with van der Waals surface area (Å²) in [5.74, 6) is 0.213. The molecule has 1 aromatic rings. The number of aromatic nitrogens is 2. The zero-order chi connectivity index (χ0) is 14.6. The number of amides is 1. The molecule has 0 aromatic carbocycles. The minimum Gasteiger partial charge on any atom is -0.341 e. The molecule has 5 heteroatoms. The van der Waals surface area contributed by atoms with E-state index in [1.165, 1.54) is 19.3 Å². The molecule has 0 atom stereocenters. The van der Waals surface area contributed by atoms with Crippen LogP contribution in [0.1, 0.15) is 44.1 Å². The highest BCUT2D eigenvalue weighted by atomic mass is 16.2. The van der Waals surface area contributed by atoms with Crippen LogP contribution >= 0.6 is 0 Å². The fraction of sp³-hybridized carbons (Fsp3) is 0.733. The first-order valence-electron chi connectivity index (χ1n) is 7.45. The zero-order valence-electron chi connectivity index (χ0n) is 12.9. The van der Waals surface area contributed by atoms with Crippen LogP contribution in [0.15, 0.2) is 12.4 Å². The Kier molecular flexibility index (Phi) is 4.81. The first-order chi connectivity index (χ1) is 9.54. The van der Waals surface area contributed by atoms with Crippen molar-refractivity contribution in [2.75, 3.05) is 14.1 Å². The monoisotopic (exact) mass is 278 g/mol. The molecule has 0 unspecified atom stereocenters. The molecule has 20 heavy (non-hydrogen) atoms. The Hall–Kier alpha value is -1.36. The van der Waals surface area contributed by atoms with Gasteiger partial charge < -0.3 is 10.2 Å². The summed E-state index contributed by atoms with van der Waals surface area (Å²) in [4.78, 5) is 14.3. The maximum absolute atomic E-state index is 12.4. The van der Waals surface area contributed by atoms with E-state index in [1.54, 1.807) is 4.68 Å². The molecule has 1 fully saturated rings. The predicted molar refractivity (Wildman–Crippen MR) is 79.2 cm³/mol. The molecule has 1 aliphatic carbocycles. The third-order valence-corrected chi connectivity index (χ3v) is 4.43. The van der Waals surface area contributed by atoms with Gasteiger partial charge >= 0.3 is 0 Å². The minimum absolute atomic E-state index is 0.0124. The highest BCUT2D eigenvalue weighted by Gasteiger charge is 2.33. The fourth-order valence-electron chi connectivity index (χ4n) is 3.08. The van der Waals surface area contributed by atoms with E-state index in [0.717, 1.165) is 18.4 Å². The number of nitrogens with one attached hydrogen (secondary N) is 1. The number of nitrogens with zero attached hydrogens (tertiary/aromatic N) is 3. The molecule has 1 amide bonds. The highest BCUT2D eigenvalue weighted by molar-refractivity contribution is 5.77. The Bertz CT molecular complexity index is 448. The van der Waals surface area contributed by atoms with Crippen molar-refractivity contribution >= 4 is 5.91 Å². The molecule has 1 aromatic heterocycles. The van der Waals surface area contributed by atoms with Crippen molar-refractivity contribution in [3.05, 3.63) is 18.0 Å². The molecule has 1 saturated carbocycles. The molecular formula is C15H26N4O. The van der Waals surface area contributed by atoms with Crippen LogP contribution in [0.3, 0.4) is 0 Å². The Morgan fingerprint density at radius 1 is 1.45 bits per heavy atom. The summed E-state index contributed by atoms with van der Waals surface area (Å²) in [5, 5.41) is 7.55. The number of rotatable bonds is 5. The lowest BCUT2D eigenvalue weighted by Crippen LogP contribution is -2.48. The van der Waals surface area contributed by atoms with Gasteiger partial charge in [-0.1, -0.05) is 19.3 Å². The summed E-state index contributed by atoms with van der Waals surface area (Å²) < 4.78 is 1.77. The van der Waals surface area contributed by atoms with Crippen LogP contribution in [-0.2, 0) is 18.4 Å². The topological polar surface area (TPSA) is 50.2 Å². The van der Waals surface area contributed by atoms with E-state index in [9.17, 15) is 4.79 Å². The van der Waals surface area contributed by atoms with Gasteiger partial charge in [-0.25, -0.2) is 0 Å². The van der Waals surface area contributed by atoms with Crippen molar-refractivity contribution in [3.63, 3.8) is 0 Å². The molecule has 0 bridgehead atoms. The van der Waals surface area contributed by atoms with E-state index < -0.39 is 0 Å². The van der Waals surface area contributed by atoms with E-state index in [4.69, 9.17) is 0 Å². The smallest absolute Gasteiger partial charge is 0.224 e. The second-order valence-electron chi connectivity index (χ2n) is 6.04. The van der Waals surface area contributed by atoms with Crippen LogP contribution in [0.5, 0.6) is 0 Å². The van der Waals surface area contributed by atoms with Crippen molar-refractivity contribution in [2.45, 2.75) is 50.6 Å². The summed E-state index contributed by atoms with van der Waals surface area (Å²) in [5.41, 5.74) is 1.09. The van der Waals surface area contributed by atoms with Crippen molar-refractivity contribution in [1.29, 1.82) is 0 Å². The largest absolute Gasteiger partial charge is 0.341 e. The lowest BCUT2D eigenvalue weighted by Gasteiger charge is -2.37. The summed E-state index contributed by atoms with van der Waals surface area (Å²) in [6.07, 6.45) is 10.3. The molecule has 1 heterocycles. The fourth-order valence-corrected chi connectivity index (χ4v) is 3.08. The standard InChI is InChI=1S/C15H26N4O/c1-16-15(7-5-4-6-8-15)9-14(20)18(2)11-13-10-17-19(3)12-13/h10,12,16H,4-9,11H2,1-3H3. The summed E-state index contributed by atoms with van der Waals surface area (Å²) in [6.45, 7) is 0.631. The van der Waals surface area contributed by atoms with Gasteiger partial charge in [0.1, 0.15) is 0 Å². The average Bonchev–Trinajstić information content (AvgIpc) is 2.85. The first kappa shape index (κ1) is 15.0. The van der Waals surface area contributed by atoms with E-state index in [2.05, 4.69) is 10.4 Å². The Balaban J connectivity index is 1.92.